The Labute approximate surface area is 112 Å². The molecule has 0 radical (unpaired) electrons. The zero-order valence-corrected chi connectivity index (χ0v) is 12.5. The zero-order valence-electron chi connectivity index (χ0n) is 10.9. The summed E-state index contributed by atoms with van der Waals surface area (Å²) in [6.45, 7) is 5.03. The molecular formula is C11H20N2O3S2. The first kappa shape index (κ1) is 15.6. The van der Waals surface area contributed by atoms with Crippen molar-refractivity contribution in [1.82, 2.24) is 9.62 Å². The third-order valence-electron chi connectivity index (χ3n) is 2.70. The first-order valence-corrected chi connectivity index (χ1v) is 8.06. The predicted molar refractivity (Wildman–Crippen MR) is 73.2 cm³/mol. The predicted octanol–water partition coefficient (Wildman–Crippen LogP) is 0.859. The number of aliphatic hydroxyl groups excluding tert-OH is 1. The third-order valence-corrected chi connectivity index (χ3v) is 5.72. The van der Waals surface area contributed by atoms with Gasteiger partial charge in [0.15, 0.2) is 0 Å². The van der Waals surface area contributed by atoms with E-state index in [9.17, 15) is 8.42 Å². The smallest absolute Gasteiger partial charge is 0.250 e. The molecule has 1 aromatic rings. The summed E-state index contributed by atoms with van der Waals surface area (Å²) in [6.07, 6.45) is 0. The first-order chi connectivity index (χ1) is 8.36. The summed E-state index contributed by atoms with van der Waals surface area (Å²) in [5, 5.41) is 8.92. The number of aliphatic hydroxyl groups is 1. The molecule has 1 rings (SSSR count). The molecule has 0 atom stereocenters. The standard InChI is InChI=1S/C11H20N2O3S2/c1-9(2)13(3)7-6-12-18(15,16)11-5-4-10(8-14)17-11/h4-5,9,12,14H,6-8H2,1-3H3. The molecule has 0 fully saturated rings. The number of nitrogens with zero attached hydrogens (tertiary/aromatic N) is 1. The average Bonchev–Trinajstić information content (AvgIpc) is 2.77. The summed E-state index contributed by atoms with van der Waals surface area (Å²) in [5.41, 5.74) is 0. The monoisotopic (exact) mass is 292 g/mol. The van der Waals surface area contributed by atoms with Crippen molar-refractivity contribution < 1.29 is 13.5 Å². The van der Waals surface area contributed by atoms with Gasteiger partial charge in [-0.1, -0.05) is 0 Å². The molecule has 0 unspecified atom stereocenters. The van der Waals surface area contributed by atoms with Gasteiger partial charge in [-0.05, 0) is 33.0 Å². The van der Waals surface area contributed by atoms with E-state index in [1.54, 1.807) is 6.07 Å². The van der Waals surface area contributed by atoms with Crippen molar-refractivity contribution in [2.45, 2.75) is 30.7 Å². The zero-order chi connectivity index (χ0) is 13.8. The van der Waals surface area contributed by atoms with E-state index in [0.717, 1.165) is 11.3 Å². The van der Waals surface area contributed by atoms with Crippen LogP contribution in [0.2, 0.25) is 0 Å². The van der Waals surface area contributed by atoms with E-state index in [1.807, 2.05) is 7.05 Å². The number of hydrogen-bond acceptors (Lipinski definition) is 5. The fraction of sp³-hybridized carbons (Fsp3) is 0.636. The molecule has 0 saturated heterocycles. The van der Waals surface area contributed by atoms with Crippen LogP contribution in [0.5, 0.6) is 0 Å². The maximum absolute atomic E-state index is 11.9. The van der Waals surface area contributed by atoms with E-state index in [-0.39, 0.29) is 10.8 Å². The molecule has 0 saturated carbocycles. The van der Waals surface area contributed by atoms with Crippen LogP contribution >= 0.6 is 11.3 Å². The molecule has 1 heterocycles. The normalized spacial score (nSPS) is 12.6. The van der Waals surface area contributed by atoms with Crippen LogP contribution in [-0.2, 0) is 16.6 Å². The number of thiophene rings is 1. The summed E-state index contributed by atoms with van der Waals surface area (Å²) < 4.78 is 26.6. The topological polar surface area (TPSA) is 69.6 Å². The quantitative estimate of drug-likeness (QED) is 0.782. The lowest BCUT2D eigenvalue weighted by molar-refractivity contribution is 0.278. The SMILES string of the molecule is CC(C)N(C)CCNS(=O)(=O)c1ccc(CO)s1. The minimum Gasteiger partial charge on any atom is -0.391 e. The van der Waals surface area contributed by atoms with Gasteiger partial charge in [0.1, 0.15) is 4.21 Å². The van der Waals surface area contributed by atoms with Crippen molar-refractivity contribution in [2.75, 3.05) is 20.1 Å². The molecule has 0 aliphatic carbocycles. The fourth-order valence-electron chi connectivity index (χ4n) is 1.27. The van der Waals surface area contributed by atoms with Gasteiger partial charge in [-0.15, -0.1) is 11.3 Å². The van der Waals surface area contributed by atoms with E-state index in [0.29, 0.717) is 24.0 Å². The highest BCUT2D eigenvalue weighted by Gasteiger charge is 2.16. The molecule has 0 aliphatic rings. The van der Waals surface area contributed by atoms with Gasteiger partial charge >= 0.3 is 0 Å². The second-order valence-electron chi connectivity index (χ2n) is 4.35. The van der Waals surface area contributed by atoms with E-state index in [4.69, 9.17) is 5.11 Å². The summed E-state index contributed by atoms with van der Waals surface area (Å²) in [6, 6.07) is 3.53. The highest BCUT2D eigenvalue weighted by molar-refractivity contribution is 7.91. The van der Waals surface area contributed by atoms with E-state index >= 15 is 0 Å². The third kappa shape index (κ3) is 4.33. The van der Waals surface area contributed by atoms with Crippen molar-refractivity contribution >= 4 is 21.4 Å². The number of sulfonamides is 1. The number of nitrogens with one attached hydrogen (secondary N) is 1. The van der Waals surface area contributed by atoms with Gasteiger partial charge < -0.3 is 10.0 Å². The highest BCUT2D eigenvalue weighted by Crippen LogP contribution is 2.21. The van der Waals surface area contributed by atoms with Gasteiger partial charge in [0.25, 0.3) is 0 Å². The van der Waals surface area contributed by atoms with Crippen LogP contribution in [0.1, 0.15) is 18.7 Å². The summed E-state index contributed by atoms with van der Waals surface area (Å²) in [4.78, 5) is 2.71. The summed E-state index contributed by atoms with van der Waals surface area (Å²) in [5.74, 6) is 0. The Balaban J connectivity index is 2.55. The van der Waals surface area contributed by atoms with Crippen LogP contribution in [0.4, 0.5) is 0 Å². The molecule has 5 nitrogen and oxygen atoms in total. The van der Waals surface area contributed by atoms with E-state index in [1.165, 1.54) is 6.07 Å². The second-order valence-corrected chi connectivity index (χ2v) is 7.51. The number of rotatable bonds is 7. The van der Waals surface area contributed by atoms with Gasteiger partial charge in [-0.3, -0.25) is 0 Å². The molecule has 0 bridgehead atoms. The molecule has 18 heavy (non-hydrogen) atoms. The average molecular weight is 292 g/mol. The van der Waals surface area contributed by atoms with Crippen molar-refractivity contribution in [3.63, 3.8) is 0 Å². The Kier molecular flexibility index (Phi) is 5.74. The Morgan fingerprint density at radius 2 is 2.11 bits per heavy atom. The van der Waals surface area contributed by atoms with Crippen LogP contribution in [0.3, 0.4) is 0 Å². The molecule has 0 spiro atoms. The van der Waals surface area contributed by atoms with Crippen LogP contribution in [0.25, 0.3) is 0 Å². The first-order valence-electron chi connectivity index (χ1n) is 5.76. The number of likely N-dealkylation sites (N-methyl/N-ethyl adjacent to an activating group) is 1. The van der Waals surface area contributed by atoms with Gasteiger partial charge in [0.2, 0.25) is 10.0 Å². The molecule has 7 heteroatoms. The second kappa shape index (κ2) is 6.63. The summed E-state index contributed by atoms with van der Waals surface area (Å²) in [7, 11) is -1.49. The van der Waals surface area contributed by atoms with Crippen LogP contribution < -0.4 is 4.72 Å². The highest BCUT2D eigenvalue weighted by atomic mass is 32.2. The maximum Gasteiger partial charge on any atom is 0.250 e. The molecule has 0 aliphatic heterocycles. The van der Waals surface area contributed by atoms with Crippen molar-refractivity contribution in [3.05, 3.63) is 17.0 Å². The van der Waals surface area contributed by atoms with Gasteiger partial charge in [-0.25, -0.2) is 13.1 Å². The van der Waals surface area contributed by atoms with Crippen molar-refractivity contribution in [1.29, 1.82) is 0 Å². The van der Waals surface area contributed by atoms with Crippen LogP contribution in [-0.4, -0.2) is 44.6 Å². The van der Waals surface area contributed by atoms with E-state index in [2.05, 4.69) is 23.5 Å². The molecule has 0 amide bonds. The molecule has 2 N–H and O–H groups in total. The van der Waals surface area contributed by atoms with Crippen LogP contribution in [0, 0.1) is 0 Å². The molecule has 0 aromatic carbocycles. The van der Waals surface area contributed by atoms with Crippen LogP contribution in [0.15, 0.2) is 16.3 Å². The van der Waals surface area contributed by atoms with Crippen molar-refractivity contribution in [2.24, 2.45) is 0 Å². The maximum atomic E-state index is 11.9. The lowest BCUT2D eigenvalue weighted by Crippen LogP contribution is -2.35. The summed E-state index contributed by atoms with van der Waals surface area (Å²) >= 11 is 1.09. The lowest BCUT2D eigenvalue weighted by Gasteiger charge is -2.20. The molecule has 104 valence electrons. The Morgan fingerprint density at radius 3 is 2.61 bits per heavy atom. The molecular weight excluding hydrogens is 272 g/mol. The van der Waals surface area contributed by atoms with E-state index < -0.39 is 10.0 Å². The Morgan fingerprint density at radius 1 is 1.44 bits per heavy atom. The lowest BCUT2D eigenvalue weighted by atomic mass is 10.3. The Bertz CT molecular complexity index is 468. The number of hydrogen-bond donors (Lipinski definition) is 2. The van der Waals surface area contributed by atoms with Gasteiger partial charge in [0, 0.05) is 24.0 Å². The minimum absolute atomic E-state index is 0.129. The minimum atomic E-state index is -3.44. The Hall–Kier alpha value is -0.470. The van der Waals surface area contributed by atoms with Crippen molar-refractivity contribution in [3.8, 4) is 0 Å². The van der Waals surface area contributed by atoms with Gasteiger partial charge in [-0.2, -0.15) is 0 Å². The fourth-order valence-corrected chi connectivity index (χ4v) is 3.55. The van der Waals surface area contributed by atoms with Gasteiger partial charge in [0.05, 0.1) is 6.61 Å². The largest absolute Gasteiger partial charge is 0.391 e. The molecule has 1 aromatic heterocycles.